The summed E-state index contributed by atoms with van der Waals surface area (Å²) in [6.45, 7) is 5.01. The fourth-order valence-corrected chi connectivity index (χ4v) is 3.75. The zero-order chi connectivity index (χ0) is 25.2. The van der Waals surface area contributed by atoms with Gasteiger partial charge in [-0.2, -0.15) is 9.78 Å². The predicted molar refractivity (Wildman–Crippen MR) is 132 cm³/mol. The zero-order valence-electron chi connectivity index (χ0n) is 20.2. The first-order chi connectivity index (χ1) is 16.6. The van der Waals surface area contributed by atoms with Crippen molar-refractivity contribution in [1.82, 2.24) is 15.1 Å². The highest BCUT2D eigenvalue weighted by molar-refractivity contribution is 6.00. The first kappa shape index (κ1) is 24.0. The van der Waals surface area contributed by atoms with Crippen molar-refractivity contribution in [1.29, 1.82) is 0 Å². The third-order valence-electron chi connectivity index (χ3n) is 5.71. The van der Waals surface area contributed by atoms with Gasteiger partial charge in [0, 0.05) is 24.7 Å². The molecule has 8 heteroatoms. The lowest BCUT2D eigenvalue weighted by Crippen LogP contribution is -2.50. The fraction of sp³-hybridized carbons (Fsp3) is 0.296. The van der Waals surface area contributed by atoms with E-state index >= 15 is 0 Å². The van der Waals surface area contributed by atoms with E-state index in [1.54, 1.807) is 45.3 Å². The topological polar surface area (TPSA) is 96.7 Å². The molecule has 0 radical (unpaired) electrons. The Morgan fingerprint density at radius 1 is 1.26 bits per heavy atom. The standard InChI is InChI=1S/C27H28N4O4/c1-18-21(14-19-8-6-5-7-9-19)16-28-31(18)26(33)29-22-17-35-24-11-10-20(12-13-27(2,3)34)15-23(24)30(4)25(22)32/h5-11,15-16,22,34H,14,17H2,1-4H3,(H,29,33)/t22-/m1/s1. The molecule has 35 heavy (non-hydrogen) atoms. The van der Waals surface area contributed by atoms with Gasteiger partial charge in [-0.3, -0.25) is 4.79 Å². The SMILES string of the molecule is Cc1c(Cc2ccccc2)cnn1C(=O)N[C@@H]1COc2ccc(C#CC(C)(C)O)cc2N(C)C1=O. The Hall–Kier alpha value is -4.09. The second-order valence-corrected chi connectivity index (χ2v) is 9.03. The van der Waals surface area contributed by atoms with Crippen molar-refractivity contribution in [3.8, 4) is 17.6 Å². The summed E-state index contributed by atoms with van der Waals surface area (Å²) >= 11 is 0. The van der Waals surface area contributed by atoms with Gasteiger partial charge in [0.25, 0.3) is 5.91 Å². The van der Waals surface area contributed by atoms with Gasteiger partial charge in [0.15, 0.2) is 0 Å². The van der Waals surface area contributed by atoms with E-state index in [1.165, 1.54) is 9.58 Å². The number of rotatable bonds is 3. The van der Waals surface area contributed by atoms with Crippen LogP contribution in [0.2, 0.25) is 0 Å². The Kier molecular flexibility index (Phi) is 6.63. The minimum Gasteiger partial charge on any atom is -0.489 e. The van der Waals surface area contributed by atoms with Crippen LogP contribution in [0.5, 0.6) is 5.75 Å². The molecule has 8 nitrogen and oxygen atoms in total. The van der Waals surface area contributed by atoms with Crippen molar-refractivity contribution in [2.75, 3.05) is 18.6 Å². The Labute approximate surface area is 204 Å². The number of carbonyl (C=O) groups excluding carboxylic acids is 2. The average molecular weight is 473 g/mol. The number of benzene rings is 2. The molecule has 1 aliphatic heterocycles. The van der Waals surface area contributed by atoms with E-state index < -0.39 is 17.7 Å². The molecule has 0 saturated carbocycles. The van der Waals surface area contributed by atoms with Gasteiger partial charge in [-0.1, -0.05) is 42.2 Å². The highest BCUT2D eigenvalue weighted by atomic mass is 16.5. The summed E-state index contributed by atoms with van der Waals surface area (Å²) < 4.78 is 7.12. The van der Waals surface area contributed by atoms with Crippen molar-refractivity contribution >= 4 is 17.6 Å². The summed E-state index contributed by atoms with van der Waals surface area (Å²) in [5.41, 5.74) is 2.80. The summed E-state index contributed by atoms with van der Waals surface area (Å²) in [5, 5.41) is 16.8. The van der Waals surface area contributed by atoms with Gasteiger partial charge in [0.1, 0.15) is 24.0 Å². The van der Waals surface area contributed by atoms with Crippen LogP contribution in [0.15, 0.2) is 54.7 Å². The first-order valence-corrected chi connectivity index (χ1v) is 11.3. The van der Waals surface area contributed by atoms with Crippen molar-refractivity contribution < 1.29 is 19.4 Å². The molecule has 2 N–H and O–H groups in total. The highest BCUT2D eigenvalue weighted by Crippen LogP contribution is 2.31. The molecule has 0 fully saturated rings. The van der Waals surface area contributed by atoms with Crippen molar-refractivity contribution in [2.45, 2.75) is 38.8 Å². The van der Waals surface area contributed by atoms with Crippen LogP contribution in [-0.4, -0.2) is 52.1 Å². The van der Waals surface area contributed by atoms with Crippen molar-refractivity contribution in [2.24, 2.45) is 0 Å². The molecule has 1 aliphatic rings. The molecule has 2 aromatic carbocycles. The minimum absolute atomic E-state index is 0.0200. The van der Waals surface area contributed by atoms with Crippen LogP contribution in [0.25, 0.3) is 0 Å². The Balaban J connectivity index is 1.49. The van der Waals surface area contributed by atoms with E-state index in [1.807, 2.05) is 37.3 Å². The fourth-order valence-electron chi connectivity index (χ4n) is 3.75. The lowest BCUT2D eigenvalue weighted by Gasteiger charge is -2.20. The molecule has 1 aromatic heterocycles. The van der Waals surface area contributed by atoms with Gasteiger partial charge in [-0.05, 0) is 50.1 Å². The number of aromatic nitrogens is 2. The smallest absolute Gasteiger partial charge is 0.343 e. The largest absolute Gasteiger partial charge is 0.489 e. The number of amides is 2. The summed E-state index contributed by atoms with van der Waals surface area (Å²) in [7, 11) is 1.62. The van der Waals surface area contributed by atoms with E-state index in [0.717, 1.165) is 11.1 Å². The predicted octanol–water partition coefficient (Wildman–Crippen LogP) is 2.89. The average Bonchev–Trinajstić information content (AvgIpc) is 3.14. The molecule has 0 bridgehead atoms. The van der Waals surface area contributed by atoms with Crippen molar-refractivity contribution in [3.05, 3.63) is 77.1 Å². The van der Waals surface area contributed by atoms with E-state index in [-0.39, 0.29) is 12.5 Å². The van der Waals surface area contributed by atoms with Crippen LogP contribution in [0, 0.1) is 18.8 Å². The Morgan fingerprint density at radius 2 is 2.00 bits per heavy atom. The number of nitrogens with zero attached hydrogens (tertiary/aromatic N) is 3. The van der Waals surface area contributed by atoms with Gasteiger partial charge in [0.2, 0.25) is 0 Å². The molecule has 3 aromatic rings. The maximum absolute atomic E-state index is 13.2. The molecule has 0 spiro atoms. The molecule has 0 aliphatic carbocycles. The number of aliphatic hydroxyl groups is 1. The molecular formula is C27H28N4O4. The summed E-state index contributed by atoms with van der Waals surface area (Å²) in [5.74, 6) is 5.85. The summed E-state index contributed by atoms with van der Waals surface area (Å²) in [4.78, 5) is 27.6. The van der Waals surface area contributed by atoms with Gasteiger partial charge in [-0.15, -0.1) is 0 Å². The van der Waals surface area contributed by atoms with Crippen LogP contribution in [0.4, 0.5) is 10.5 Å². The number of anilines is 1. The molecule has 2 heterocycles. The number of carbonyl (C=O) groups is 2. The lowest BCUT2D eigenvalue weighted by atomic mass is 10.1. The molecule has 1 atom stereocenters. The van der Waals surface area contributed by atoms with Crippen LogP contribution < -0.4 is 15.0 Å². The molecular weight excluding hydrogens is 444 g/mol. The quantitative estimate of drug-likeness (QED) is 0.572. The second-order valence-electron chi connectivity index (χ2n) is 9.03. The maximum Gasteiger partial charge on any atom is 0.343 e. The summed E-state index contributed by atoms with van der Waals surface area (Å²) in [6, 6.07) is 13.8. The van der Waals surface area contributed by atoms with E-state index in [2.05, 4.69) is 22.3 Å². The minimum atomic E-state index is -1.13. The number of likely N-dealkylation sites (N-methyl/N-ethyl adjacent to an activating group) is 1. The molecule has 0 unspecified atom stereocenters. The molecule has 4 rings (SSSR count). The number of hydrogen-bond donors (Lipinski definition) is 2. The Morgan fingerprint density at radius 3 is 2.71 bits per heavy atom. The van der Waals surface area contributed by atoms with E-state index in [9.17, 15) is 14.7 Å². The maximum atomic E-state index is 13.2. The highest BCUT2D eigenvalue weighted by Gasteiger charge is 2.31. The number of ether oxygens (including phenoxy) is 1. The number of hydrogen-bond acceptors (Lipinski definition) is 5. The zero-order valence-corrected chi connectivity index (χ0v) is 20.2. The van der Waals surface area contributed by atoms with Gasteiger partial charge >= 0.3 is 6.03 Å². The van der Waals surface area contributed by atoms with Crippen LogP contribution >= 0.6 is 0 Å². The van der Waals surface area contributed by atoms with E-state index in [4.69, 9.17) is 4.74 Å². The Bertz CT molecular complexity index is 1310. The van der Waals surface area contributed by atoms with Gasteiger partial charge in [-0.25, -0.2) is 4.79 Å². The van der Waals surface area contributed by atoms with Gasteiger partial charge in [0.05, 0.1) is 11.9 Å². The third kappa shape index (κ3) is 5.53. The van der Waals surface area contributed by atoms with E-state index in [0.29, 0.717) is 29.1 Å². The van der Waals surface area contributed by atoms with Crippen LogP contribution in [0.3, 0.4) is 0 Å². The first-order valence-electron chi connectivity index (χ1n) is 11.3. The summed E-state index contributed by atoms with van der Waals surface area (Å²) in [6.07, 6.45) is 2.33. The number of fused-ring (bicyclic) bond motifs is 1. The van der Waals surface area contributed by atoms with Gasteiger partial charge < -0.3 is 20.1 Å². The van der Waals surface area contributed by atoms with Crippen LogP contribution in [0.1, 0.15) is 36.2 Å². The van der Waals surface area contributed by atoms with Crippen molar-refractivity contribution in [3.63, 3.8) is 0 Å². The third-order valence-corrected chi connectivity index (χ3v) is 5.71. The molecule has 180 valence electrons. The number of nitrogens with one attached hydrogen (secondary N) is 1. The molecule has 0 saturated heterocycles. The van der Waals surface area contributed by atoms with Crippen LogP contribution in [-0.2, 0) is 11.2 Å². The normalized spacial score (nSPS) is 15.4. The lowest BCUT2D eigenvalue weighted by molar-refractivity contribution is -0.120. The monoisotopic (exact) mass is 472 g/mol. The molecule has 2 amide bonds. The second kappa shape index (κ2) is 9.65.